The molecule has 1 aromatic carbocycles. The number of fused-ring (bicyclic) bond motifs is 6. The number of piperazine rings is 1. The molecule has 4 fully saturated rings. The number of para-hydroxylation sites is 2. The number of carbonyl (C=O) groups excluding carboxylic acids is 2. The number of allylic oxidation sites excluding steroid dienone is 4. The maximum atomic E-state index is 13.9. The van der Waals surface area contributed by atoms with Crippen LogP contribution in [0.4, 0.5) is 6.01 Å². The maximum Gasteiger partial charge on any atom is 0.298 e. The molecule has 1 aromatic heterocycles. The third-order valence-corrected chi connectivity index (χ3v) is 11.4. The lowest BCUT2D eigenvalue weighted by molar-refractivity contribution is -0.177. The number of oxazole rings is 1. The first-order valence-corrected chi connectivity index (χ1v) is 14.8. The first-order valence-electron chi connectivity index (χ1n) is 14.8. The van der Waals surface area contributed by atoms with E-state index in [1.807, 2.05) is 37.3 Å². The van der Waals surface area contributed by atoms with Crippen molar-refractivity contribution in [2.75, 3.05) is 37.6 Å². The molecular weight excluding hydrogens is 506 g/mol. The zero-order valence-electron chi connectivity index (χ0n) is 23.4. The fourth-order valence-corrected chi connectivity index (χ4v) is 9.22. The van der Waals surface area contributed by atoms with E-state index in [1.54, 1.807) is 12.2 Å². The summed E-state index contributed by atoms with van der Waals surface area (Å²) < 4.78 is 5.93. The average molecular weight is 546 g/mol. The molecule has 2 N–H and O–H groups in total. The summed E-state index contributed by atoms with van der Waals surface area (Å²) in [7, 11) is 0. The summed E-state index contributed by atoms with van der Waals surface area (Å²) in [5.41, 5.74) is 0.255. The highest BCUT2D eigenvalue weighted by atomic mass is 16.4. The number of hydrogen-bond donors (Lipinski definition) is 2. The first kappa shape index (κ1) is 26.1. The Morgan fingerprint density at radius 2 is 1.93 bits per heavy atom. The van der Waals surface area contributed by atoms with Crippen LogP contribution < -0.4 is 4.90 Å². The Balaban J connectivity index is 1.05. The molecule has 2 aromatic rings. The van der Waals surface area contributed by atoms with Gasteiger partial charge in [0.25, 0.3) is 6.01 Å². The standard InChI is InChI=1S/C32H39N3O5/c1-30-11-9-21(36)17-20(30)7-8-22-23-10-12-32(39,31(23,2)18-25(37)28(22)30)27(38)19-34-13-15-35(16-14-34)29-33-24-5-3-4-6-26(24)40-29/h3-6,9,11,17,22-23,25,28,37,39H,7-8,10,12-16,18-19H2,1-2H3/t22?,23?,25-,28?,30?,31?,32-/m0/s1. The van der Waals surface area contributed by atoms with Crippen molar-refractivity contribution >= 4 is 28.7 Å². The van der Waals surface area contributed by atoms with Gasteiger partial charge in [0.05, 0.1) is 12.6 Å². The summed E-state index contributed by atoms with van der Waals surface area (Å²) in [6.07, 6.45) is 8.10. The SMILES string of the molecule is CC12C=CC(=O)C=C1CCC1C2[C@@H](O)CC2(C)C1CC[C@]2(O)C(=O)CN1CCN(c2nc3ccccc3o2)CC1. The van der Waals surface area contributed by atoms with Crippen molar-refractivity contribution in [1.82, 2.24) is 9.88 Å². The molecule has 212 valence electrons. The molecule has 3 saturated carbocycles. The van der Waals surface area contributed by atoms with Crippen molar-refractivity contribution in [3.05, 3.63) is 48.1 Å². The van der Waals surface area contributed by atoms with Crippen molar-refractivity contribution in [2.45, 2.75) is 57.7 Å². The molecule has 0 spiro atoms. The van der Waals surface area contributed by atoms with Gasteiger partial charge in [-0.25, -0.2) is 0 Å². The van der Waals surface area contributed by atoms with E-state index in [1.165, 1.54) is 0 Å². The molecule has 0 bridgehead atoms. The predicted molar refractivity (Wildman–Crippen MR) is 151 cm³/mol. The van der Waals surface area contributed by atoms with E-state index in [-0.39, 0.29) is 41.3 Å². The van der Waals surface area contributed by atoms with Crippen LogP contribution >= 0.6 is 0 Å². The number of hydrogen-bond acceptors (Lipinski definition) is 8. The number of ketones is 2. The topological polar surface area (TPSA) is 107 Å². The molecule has 7 rings (SSSR count). The van der Waals surface area contributed by atoms with E-state index in [0.717, 1.165) is 35.9 Å². The monoisotopic (exact) mass is 545 g/mol. The quantitative estimate of drug-likeness (QED) is 0.601. The lowest BCUT2D eigenvalue weighted by atomic mass is 9.46. The van der Waals surface area contributed by atoms with E-state index < -0.39 is 17.1 Å². The summed E-state index contributed by atoms with van der Waals surface area (Å²) in [6, 6.07) is 8.34. The van der Waals surface area contributed by atoms with Crippen molar-refractivity contribution in [3.63, 3.8) is 0 Å². The Bertz CT molecular complexity index is 1390. The number of benzene rings is 1. The van der Waals surface area contributed by atoms with Crippen molar-refractivity contribution in [3.8, 4) is 0 Å². The Morgan fingerprint density at radius 1 is 1.15 bits per heavy atom. The van der Waals surface area contributed by atoms with Gasteiger partial charge in [0.2, 0.25) is 0 Å². The molecule has 0 amide bonds. The number of anilines is 1. The van der Waals surface area contributed by atoms with Crippen LogP contribution in [0.2, 0.25) is 0 Å². The minimum absolute atomic E-state index is 0.00712. The van der Waals surface area contributed by atoms with Crippen LogP contribution in [0.15, 0.2) is 52.5 Å². The largest absolute Gasteiger partial charge is 0.423 e. The number of aliphatic hydroxyl groups is 2. The molecular formula is C32H39N3O5. The van der Waals surface area contributed by atoms with Crippen molar-refractivity contribution < 1.29 is 24.2 Å². The van der Waals surface area contributed by atoms with Gasteiger partial charge >= 0.3 is 0 Å². The van der Waals surface area contributed by atoms with Gasteiger partial charge in [0.1, 0.15) is 11.1 Å². The van der Waals surface area contributed by atoms with Crippen LogP contribution in [0.1, 0.15) is 46.0 Å². The number of nitrogens with zero attached hydrogens (tertiary/aromatic N) is 3. The van der Waals surface area contributed by atoms with Gasteiger partial charge in [-0.2, -0.15) is 4.98 Å². The number of aromatic nitrogens is 1. The molecule has 4 aliphatic carbocycles. The van der Waals surface area contributed by atoms with Gasteiger partial charge in [-0.3, -0.25) is 14.5 Å². The number of rotatable bonds is 4. The van der Waals surface area contributed by atoms with Crippen molar-refractivity contribution in [2.24, 2.45) is 28.6 Å². The van der Waals surface area contributed by atoms with Gasteiger partial charge in [-0.15, -0.1) is 0 Å². The minimum atomic E-state index is -1.45. The number of Topliss-reactive ketones (excluding diaryl/α,β-unsaturated/α-hetero) is 1. The number of carbonyl (C=O) groups is 2. The maximum absolute atomic E-state index is 13.9. The van der Waals surface area contributed by atoms with Crippen LogP contribution in [0.25, 0.3) is 11.1 Å². The summed E-state index contributed by atoms with van der Waals surface area (Å²) in [6.45, 7) is 7.17. The Hall–Kier alpha value is -2.81. The zero-order chi connectivity index (χ0) is 27.9. The second-order valence-electron chi connectivity index (χ2n) is 13.3. The van der Waals surface area contributed by atoms with Gasteiger partial charge in [0, 0.05) is 42.9 Å². The van der Waals surface area contributed by atoms with Gasteiger partial charge in [-0.05, 0) is 68.2 Å². The molecule has 5 unspecified atom stereocenters. The Labute approximate surface area is 234 Å². The summed E-state index contributed by atoms with van der Waals surface area (Å²) in [4.78, 5) is 34.8. The lowest BCUT2D eigenvalue weighted by Crippen LogP contribution is -2.62. The smallest absolute Gasteiger partial charge is 0.298 e. The minimum Gasteiger partial charge on any atom is -0.423 e. The third kappa shape index (κ3) is 3.72. The molecule has 0 radical (unpaired) electrons. The second kappa shape index (κ2) is 9.10. The molecule has 1 saturated heterocycles. The van der Waals surface area contributed by atoms with Crippen LogP contribution in [0.5, 0.6) is 0 Å². The molecule has 1 aliphatic heterocycles. The summed E-state index contributed by atoms with van der Waals surface area (Å²) in [5, 5.41) is 23.7. The summed E-state index contributed by atoms with van der Waals surface area (Å²) in [5.74, 6) is 0.263. The van der Waals surface area contributed by atoms with Crippen LogP contribution in [-0.4, -0.2) is 76.1 Å². The fraction of sp³-hybridized carbons (Fsp3) is 0.594. The lowest BCUT2D eigenvalue weighted by Gasteiger charge is -2.59. The molecule has 8 nitrogen and oxygen atoms in total. The molecule has 8 heteroatoms. The van der Waals surface area contributed by atoms with E-state index in [4.69, 9.17) is 4.42 Å². The van der Waals surface area contributed by atoms with Crippen LogP contribution in [-0.2, 0) is 9.59 Å². The molecule has 7 atom stereocenters. The molecule has 2 heterocycles. The van der Waals surface area contributed by atoms with Crippen LogP contribution in [0, 0.1) is 28.6 Å². The van der Waals surface area contributed by atoms with Crippen LogP contribution in [0.3, 0.4) is 0 Å². The highest BCUT2D eigenvalue weighted by molar-refractivity contribution is 6.01. The third-order valence-electron chi connectivity index (χ3n) is 11.4. The van der Waals surface area contributed by atoms with E-state index >= 15 is 0 Å². The second-order valence-corrected chi connectivity index (χ2v) is 13.3. The Kier molecular flexibility index (Phi) is 5.94. The van der Waals surface area contributed by atoms with Gasteiger partial charge in [0.15, 0.2) is 17.1 Å². The van der Waals surface area contributed by atoms with E-state index in [2.05, 4.69) is 21.7 Å². The zero-order valence-corrected chi connectivity index (χ0v) is 23.4. The predicted octanol–water partition coefficient (Wildman–Crippen LogP) is 3.53. The molecule has 5 aliphatic rings. The highest BCUT2D eigenvalue weighted by Gasteiger charge is 2.68. The molecule has 40 heavy (non-hydrogen) atoms. The fourth-order valence-electron chi connectivity index (χ4n) is 9.22. The number of aliphatic hydroxyl groups excluding tert-OH is 1. The normalized spacial score (nSPS) is 39.5. The van der Waals surface area contributed by atoms with Crippen molar-refractivity contribution in [1.29, 1.82) is 0 Å². The summed E-state index contributed by atoms with van der Waals surface area (Å²) >= 11 is 0. The highest BCUT2D eigenvalue weighted by Crippen LogP contribution is 2.67. The first-order chi connectivity index (χ1) is 19.1. The van der Waals surface area contributed by atoms with E-state index in [9.17, 15) is 19.8 Å². The van der Waals surface area contributed by atoms with Gasteiger partial charge < -0.3 is 19.5 Å². The van der Waals surface area contributed by atoms with E-state index in [0.29, 0.717) is 45.0 Å². The average Bonchev–Trinajstić information content (AvgIpc) is 3.48. The van der Waals surface area contributed by atoms with Gasteiger partial charge in [-0.1, -0.05) is 37.6 Å². The Morgan fingerprint density at radius 3 is 2.70 bits per heavy atom.